The molecule has 58 heavy (non-hydrogen) atoms. The molecule has 3 unspecified atom stereocenters. The fraction of sp³-hybridized carbons (Fsp3) is 0.578. The first-order valence-electron chi connectivity index (χ1n) is 20.7. The highest BCUT2D eigenvalue weighted by Gasteiger charge is 2.81. The van der Waals surface area contributed by atoms with Crippen molar-refractivity contribution < 1.29 is 38.4 Å². The molecule has 7 aliphatic rings. The molecule has 2 aromatic rings. The summed E-state index contributed by atoms with van der Waals surface area (Å²) in [5.74, 6) is -2.25. The second-order valence-corrected chi connectivity index (χ2v) is 18.9. The molecule has 2 aliphatic carbocycles. The molecule has 6 heterocycles. The minimum Gasteiger partial charge on any atom is -0.468 e. The fourth-order valence-corrected chi connectivity index (χ4v) is 13.8. The largest absolute Gasteiger partial charge is 0.468 e. The van der Waals surface area contributed by atoms with E-state index in [1.54, 1.807) is 7.11 Å². The number of benzene rings is 1. The minimum absolute atomic E-state index is 0.0581. The molecule has 1 spiro atoms. The number of likely N-dealkylation sites (tertiary alicyclic amines) is 1. The van der Waals surface area contributed by atoms with Crippen LogP contribution in [0.15, 0.2) is 65.4 Å². The highest BCUT2D eigenvalue weighted by molar-refractivity contribution is 14.1. The van der Waals surface area contributed by atoms with Crippen LogP contribution in [0, 0.1) is 26.2 Å². The Balaban J connectivity index is 1.34. The third kappa shape index (κ3) is 5.15. The summed E-state index contributed by atoms with van der Waals surface area (Å²) in [6.07, 6.45) is 11.6. The Kier molecular flexibility index (Phi) is 9.66. The van der Waals surface area contributed by atoms with E-state index in [4.69, 9.17) is 18.9 Å². The third-order valence-corrected chi connectivity index (χ3v) is 15.9. The molecule has 5 aliphatic heterocycles. The Morgan fingerprint density at radius 2 is 1.81 bits per heavy atom. The average Bonchev–Trinajstić information content (AvgIpc) is 3.86. The topological polar surface area (TPSA) is 134 Å². The quantitative estimate of drug-likeness (QED) is 0.169. The Bertz CT molecular complexity index is 2210. The highest BCUT2D eigenvalue weighted by atomic mass is 127. The van der Waals surface area contributed by atoms with Crippen molar-refractivity contribution >= 4 is 51.4 Å². The first-order chi connectivity index (χ1) is 27.8. The number of esters is 3. The van der Waals surface area contributed by atoms with E-state index in [-0.39, 0.29) is 17.9 Å². The van der Waals surface area contributed by atoms with Crippen LogP contribution in [-0.4, -0.2) is 127 Å². The van der Waals surface area contributed by atoms with Gasteiger partial charge in [-0.3, -0.25) is 19.4 Å². The van der Waals surface area contributed by atoms with Crippen molar-refractivity contribution in [2.45, 2.75) is 88.3 Å². The van der Waals surface area contributed by atoms with Crippen LogP contribution in [0.5, 0.6) is 0 Å². The van der Waals surface area contributed by atoms with Gasteiger partial charge in [0.25, 0.3) is 0 Å². The van der Waals surface area contributed by atoms with Crippen LogP contribution in [-0.2, 0) is 45.3 Å². The summed E-state index contributed by atoms with van der Waals surface area (Å²) in [4.78, 5) is 53.4. The lowest BCUT2D eigenvalue weighted by Gasteiger charge is -2.63. The molecule has 9 rings (SSSR count). The molecule has 2 bridgehead atoms. The van der Waals surface area contributed by atoms with Crippen LogP contribution in [0.25, 0.3) is 10.9 Å². The van der Waals surface area contributed by atoms with Crippen molar-refractivity contribution in [2.75, 3.05) is 54.6 Å². The van der Waals surface area contributed by atoms with Gasteiger partial charge in [-0.1, -0.05) is 43.7 Å². The van der Waals surface area contributed by atoms with Crippen LogP contribution in [0.4, 0.5) is 0 Å². The Hall–Kier alpha value is -3.50. The predicted octanol–water partition coefficient (Wildman–Crippen LogP) is 5.00. The molecule has 1 saturated carbocycles. The standard InChI is InChI=1S/C45H55IN4O8/c1-8-26-17-27-21-44(40(52)56-6,36-30(24-49(22-26)23-27)29-18-28(46)11-12-33(29)47-36)32-19-31-34(20-35(32)55-5)48(4)38-43(31)14-16-50-15-10-13-42(9-2,37(43)50)39(58-25(3)51)45(38,54)41(53)57-7/h10-13,17-20,27,32,35,37-39,47,54H,8-9,14-16,21-24H2,1-7H3/t27-,32?,35?,37+,38-,39-,42-,43-,44+,45+/m1/s1. The molecule has 11 atom stereocenters. The maximum atomic E-state index is 15.3. The summed E-state index contributed by atoms with van der Waals surface area (Å²) >= 11 is 2.36. The van der Waals surface area contributed by atoms with Gasteiger partial charge in [0.2, 0.25) is 5.60 Å². The van der Waals surface area contributed by atoms with Gasteiger partial charge in [0.05, 0.1) is 26.4 Å². The second kappa shape index (κ2) is 14.0. The molecule has 310 valence electrons. The monoisotopic (exact) mass is 906 g/mol. The fourth-order valence-electron chi connectivity index (χ4n) is 13.3. The number of ether oxygens (including phenoxy) is 4. The zero-order valence-electron chi connectivity index (χ0n) is 34.5. The number of aromatic amines is 1. The molecule has 2 N–H and O–H groups in total. The van der Waals surface area contributed by atoms with E-state index in [2.05, 4.69) is 92.9 Å². The van der Waals surface area contributed by atoms with Crippen molar-refractivity contribution in [2.24, 2.45) is 22.7 Å². The van der Waals surface area contributed by atoms with Crippen molar-refractivity contribution in [3.63, 3.8) is 0 Å². The number of aromatic nitrogens is 1. The molecule has 0 radical (unpaired) electrons. The van der Waals surface area contributed by atoms with Gasteiger partial charge in [-0.05, 0) is 96.1 Å². The van der Waals surface area contributed by atoms with E-state index >= 15 is 4.79 Å². The lowest BCUT2D eigenvalue weighted by Crippen LogP contribution is -2.79. The highest BCUT2D eigenvalue weighted by Crippen LogP contribution is 2.70. The maximum Gasteiger partial charge on any atom is 0.344 e. The predicted molar refractivity (Wildman–Crippen MR) is 225 cm³/mol. The number of carbonyl (C=O) groups excluding carboxylic acids is 3. The number of rotatable bonds is 7. The van der Waals surface area contributed by atoms with Crippen LogP contribution in [0.1, 0.15) is 57.7 Å². The van der Waals surface area contributed by atoms with Gasteiger partial charge in [-0.25, -0.2) is 4.79 Å². The second-order valence-electron chi connectivity index (χ2n) is 17.7. The zero-order chi connectivity index (χ0) is 41.1. The number of H-pyrrole nitrogens is 1. The number of halogens is 1. The number of nitrogens with one attached hydrogen (secondary N) is 1. The van der Waals surface area contributed by atoms with E-state index in [9.17, 15) is 14.7 Å². The molecular weight excluding hydrogens is 851 g/mol. The number of aliphatic hydroxyl groups is 1. The van der Waals surface area contributed by atoms with Gasteiger partial charge in [0, 0.05) is 95.9 Å². The van der Waals surface area contributed by atoms with Gasteiger partial charge >= 0.3 is 17.9 Å². The summed E-state index contributed by atoms with van der Waals surface area (Å²) in [6, 6.07) is 5.27. The van der Waals surface area contributed by atoms with Gasteiger partial charge in [-0.2, -0.15) is 0 Å². The lowest BCUT2D eigenvalue weighted by atomic mass is 9.47. The zero-order valence-corrected chi connectivity index (χ0v) is 36.6. The first kappa shape index (κ1) is 39.9. The Labute approximate surface area is 353 Å². The van der Waals surface area contributed by atoms with Gasteiger partial charge in [0.1, 0.15) is 5.41 Å². The van der Waals surface area contributed by atoms with Gasteiger partial charge < -0.3 is 33.9 Å². The van der Waals surface area contributed by atoms with Crippen LogP contribution >= 0.6 is 22.6 Å². The summed E-state index contributed by atoms with van der Waals surface area (Å²) in [5, 5.41) is 14.4. The molecular formula is C45H55IN4O8. The lowest BCUT2D eigenvalue weighted by molar-refractivity contribution is -0.243. The molecule has 1 aromatic carbocycles. The van der Waals surface area contributed by atoms with E-state index in [0.717, 1.165) is 56.5 Å². The molecule has 3 fully saturated rings. The SMILES string of the molecule is CCC1=C[C@H]2CN(C1)Cc1c([nH]c3ccc(I)cc13)[C@@](C(=O)OC)(C1C=C3C(=CC1OC)N(C)[C@H]1[C@@](O)(C(=O)OC)[C@H](OC(C)=O)[C@]4(CC)C=CCN5CC[C@]31[C@@H]54)C2. The smallest absolute Gasteiger partial charge is 0.344 e. The molecule has 12 nitrogen and oxygen atoms in total. The minimum atomic E-state index is -2.26. The van der Waals surface area contributed by atoms with Crippen molar-refractivity contribution in [1.82, 2.24) is 19.7 Å². The van der Waals surface area contributed by atoms with E-state index in [1.165, 1.54) is 26.7 Å². The number of allylic oxidation sites excluding steroid dienone is 1. The normalized spacial score (nSPS) is 38.6. The first-order valence-corrected chi connectivity index (χ1v) is 21.8. The number of nitrogens with zero attached hydrogens (tertiary/aromatic N) is 3. The Morgan fingerprint density at radius 1 is 1.03 bits per heavy atom. The summed E-state index contributed by atoms with van der Waals surface area (Å²) in [5.41, 5.74) is 0.797. The van der Waals surface area contributed by atoms with E-state index in [0.29, 0.717) is 38.9 Å². The van der Waals surface area contributed by atoms with Crippen LogP contribution in [0.2, 0.25) is 0 Å². The maximum absolute atomic E-state index is 15.3. The number of hydrogen-bond donors (Lipinski definition) is 2. The van der Waals surface area contributed by atoms with E-state index in [1.807, 2.05) is 18.9 Å². The Morgan fingerprint density at radius 3 is 2.50 bits per heavy atom. The number of carbonyl (C=O) groups is 3. The van der Waals surface area contributed by atoms with Crippen molar-refractivity contribution in [3.8, 4) is 0 Å². The summed E-state index contributed by atoms with van der Waals surface area (Å²) in [6.45, 7) is 9.29. The molecule has 1 aromatic heterocycles. The third-order valence-electron chi connectivity index (χ3n) is 15.2. The van der Waals surface area contributed by atoms with Gasteiger partial charge in [-0.15, -0.1) is 0 Å². The van der Waals surface area contributed by atoms with Crippen LogP contribution in [0.3, 0.4) is 0 Å². The van der Waals surface area contributed by atoms with Crippen molar-refractivity contribution in [1.29, 1.82) is 0 Å². The number of fused-ring (bicyclic) bond motifs is 6. The number of methoxy groups -OCH3 is 3. The molecule has 2 saturated heterocycles. The number of likely N-dealkylation sites (N-methyl/N-ethyl adjacent to an activating group) is 1. The van der Waals surface area contributed by atoms with E-state index < -0.39 is 58.0 Å². The molecule has 0 amide bonds. The molecule has 13 heteroatoms. The summed E-state index contributed by atoms with van der Waals surface area (Å²) in [7, 11) is 6.34. The van der Waals surface area contributed by atoms with Crippen molar-refractivity contribution in [3.05, 3.63) is 80.3 Å². The van der Waals surface area contributed by atoms with Gasteiger partial charge in [0.15, 0.2) is 6.10 Å². The summed E-state index contributed by atoms with van der Waals surface area (Å²) < 4.78 is 25.2. The average molecular weight is 907 g/mol. The number of hydrogen-bond acceptors (Lipinski definition) is 11. The van der Waals surface area contributed by atoms with Crippen LogP contribution < -0.4 is 0 Å².